The van der Waals surface area contributed by atoms with E-state index in [-0.39, 0.29) is 12.1 Å². The van der Waals surface area contributed by atoms with Crippen molar-refractivity contribution in [3.8, 4) is 0 Å². The lowest BCUT2D eigenvalue weighted by molar-refractivity contribution is -0.159. The Morgan fingerprint density at radius 3 is 2.85 bits per heavy atom. The molecule has 0 bridgehead atoms. The van der Waals surface area contributed by atoms with E-state index in [0.29, 0.717) is 6.61 Å². The standard InChI is InChI=1S/C10H18O3/c1-4-13-8-6-5-7-10(8,2)9(11)12-3/h8H,4-7H2,1-3H3. The first-order valence-corrected chi connectivity index (χ1v) is 4.85. The molecule has 1 rings (SSSR count). The molecule has 1 aliphatic carbocycles. The van der Waals surface area contributed by atoms with Gasteiger partial charge in [0.2, 0.25) is 0 Å². The zero-order valence-corrected chi connectivity index (χ0v) is 8.63. The van der Waals surface area contributed by atoms with E-state index in [1.165, 1.54) is 7.11 Å². The van der Waals surface area contributed by atoms with Crippen molar-refractivity contribution in [3.05, 3.63) is 0 Å². The van der Waals surface area contributed by atoms with E-state index in [4.69, 9.17) is 9.47 Å². The van der Waals surface area contributed by atoms with E-state index >= 15 is 0 Å². The van der Waals surface area contributed by atoms with E-state index in [1.807, 2.05) is 13.8 Å². The smallest absolute Gasteiger partial charge is 0.314 e. The predicted octanol–water partition coefficient (Wildman–Crippen LogP) is 1.75. The highest BCUT2D eigenvalue weighted by Gasteiger charge is 2.46. The molecule has 0 aromatic heterocycles. The highest BCUT2D eigenvalue weighted by atomic mass is 16.5. The maximum atomic E-state index is 11.5. The van der Waals surface area contributed by atoms with Gasteiger partial charge in [0, 0.05) is 6.61 Å². The first-order valence-electron chi connectivity index (χ1n) is 4.85. The predicted molar refractivity (Wildman–Crippen MR) is 49.4 cm³/mol. The van der Waals surface area contributed by atoms with Crippen LogP contribution in [0.1, 0.15) is 33.1 Å². The number of esters is 1. The Hall–Kier alpha value is -0.570. The highest BCUT2D eigenvalue weighted by Crippen LogP contribution is 2.40. The molecule has 2 unspecified atom stereocenters. The van der Waals surface area contributed by atoms with Gasteiger partial charge in [-0.2, -0.15) is 0 Å². The number of hydrogen-bond donors (Lipinski definition) is 0. The fourth-order valence-electron chi connectivity index (χ4n) is 2.07. The Bertz CT molecular complexity index is 191. The van der Waals surface area contributed by atoms with E-state index in [9.17, 15) is 4.79 Å². The molecule has 3 heteroatoms. The van der Waals surface area contributed by atoms with Gasteiger partial charge in [-0.3, -0.25) is 4.79 Å². The van der Waals surface area contributed by atoms with Gasteiger partial charge in [-0.05, 0) is 33.1 Å². The molecule has 76 valence electrons. The van der Waals surface area contributed by atoms with Gasteiger partial charge in [0.05, 0.1) is 18.6 Å². The van der Waals surface area contributed by atoms with Crippen LogP contribution in [0.15, 0.2) is 0 Å². The molecule has 0 saturated heterocycles. The molecular weight excluding hydrogens is 168 g/mol. The number of rotatable bonds is 3. The Morgan fingerprint density at radius 1 is 1.62 bits per heavy atom. The lowest BCUT2D eigenvalue weighted by atomic mass is 9.86. The molecule has 0 aromatic carbocycles. The van der Waals surface area contributed by atoms with Crippen LogP contribution >= 0.6 is 0 Å². The zero-order chi connectivity index (χ0) is 9.90. The second-order valence-corrected chi connectivity index (χ2v) is 3.75. The van der Waals surface area contributed by atoms with E-state index in [2.05, 4.69) is 0 Å². The van der Waals surface area contributed by atoms with E-state index in [1.54, 1.807) is 0 Å². The fourth-order valence-corrected chi connectivity index (χ4v) is 2.07. The monoisotopic (exact) mass is 186 g/mol. The van der Waals surface area contributed by atoms with Gasteiger partial charge in [0.25, 0.3) is 0 Å². The summed E-state index contributed by atoms with van der Waals surface area (Å²) >= 11 is 0. The van der Waals surface area contributed by atoms with Gasteiger partial charge in [-0.15, -0.1) is 0 Å². The lowest BCUT2D eigenvalue weighted by Gasteiger charge is -2.28. The zero-order valence-electron chi connectivity index (χ0n) is 8.63. The van der Waals surface area contributed by atoms with Gasteiger partial charge in [0.15, 0.2) is 0 Å². The average Bonchev–Trinajstić information content (AvgIpc) is 2.49. The minimum absolute atomic E-state index is 0.0462. The van der Waals surface area contributed by atoms with Gasteiger partial charge >= 0.3 is 5.97 Å². The molecule has 1 saturated carbocycles. The third kappa shape index (κ3) is 1.85. The Labute approximate surface area is 79.4 Å². The minimum atomic E-state index is -0.412. The van der Waals surface area contributed by atoms with Crippen molar-refractivity contribution in [1.29, 1.82) is 0 Å². The Balaban J connectivity index is 2.69. The average molecular weight is 186 g/mol. The van der Waals surface area contributed by atoms with Crippen molar-refractivity contribution in [1.82, 2.24) is 0 Å². The van der Waals surface area contributed by atoms with Crippen molar-refractivity contribution in [2.24, 2.45) is 5.41 Å². The number of ether oxygens (including phenoxy) is 2. The normalized spacial score (nSPS) is 33.3. The van der Waals surface area contributed by atoms with Crippen LogP contribution in [0.25, 0.3) is 0 Å². The molecule has 0 aromatic rings. The number of methoxy groups -OCH3 is 1. The third-order valence-corrected chi connectivity index (χ3v) is 2.89. The van der Waals surface area contributed by atoms with Gasteiger partial charge in [0.1, 0.15) is 0 Å². The molecule has 1 fully saturated rings. The molecule has 0 aliphatic heterocycles. The number of carbonyl (C=O) groups excluding carboxylic acids is 1. The summed E-state index contributed by atoms with van der Waals surface area (Å²) in [7, 11) is 1.44. The van der Waals surface area contributed by atoms with Crippen LogP contribution in [0.3, 0.4) is 0 Å². The van der Waals surface area contributed by atoms with E-state index in [0.717, 1.165) is 19.3 Å². The number of hydrogen-bond acceptors (Lipinski definition) is 3. The molecular formula is C10H18O3. The molecule has 1 aliphatic rings. The van der Waals surface area contributed by atoms with Crippen LogP contribution in [-0.4, -0.2) is 25.8 Å². The molecule has 3 nitrogen and oxygen atoms in total. The maximum Gasteiger partial charge on any atom is 0.314 e. The topological polar surface area (TPSA) is 35.5 Å². The van der Waals surface area contributed by atoms with Crippen LogP contribution in [0.2, 0.25) is 0 Å². The summed E-state index contributed by atoms with van der Waals surface area (Å²) in [6, 6.07) is 0. The van der Waals surface area contributed by atoms with Gasteiger partial charge in [-0.25, -0.2) is 0 Å². The summed E-state index contributed by atoms with van der Waals surface area (Å²) < 4.78 is 10.3. The van der Waals surface area contributed by atoms with Crippen molar-refractivity contribution in [2.45, 2.75) is 39.2 Å². The first kappa shape index (κ1) is 10.5. The molecule has 0 amide bonds. The molecule has 13 heavy (non-hydrogen) atoms. The summed E-state index contributed by atoms with van der Waals surface area (Å²) in [6.07, 6.45) is 2.95. The summed E-state index contributed by atoms with van der Waals surface area (Å²) in [6.45, 7) is 4.55. The van der Waals surface area contributed by atoms with Crippen molar-refractivity contribution in [3.63, 3.8) is 0 Å². The SMILES string of the molecule is CCOC1CCCC1(C)C(=O)OC. The third-order valence-electron chi connectivity index (χ3n) is 2.89. The van der Waals surface area contributed by atoms with Crippen molar-refractivity contribution in [2.75, 3.05) is 13.7 Å². The van der Waals surface area contributed by atoms with Crippen LogP contribution in [0.5, 0.6) is 0 Å². The van der Waals surface area contributed by atoms with Crippen LogP contribution in [-0.2, 0) is 14.3 Å². The molecule has 0 radical (unpaired) electrons. The molecule has 2 atom stereocenters. The second kappa shape index (κ2) is 4.09. The van der Waals surface area contributed by atoms with Crippen molar-refractivity contribution < 1.29 is 14.3 Å². The Morgan fingerprint density at radius 2 is 2.31 bits per heavy atom. The largest absolute Gasteiger partial charge is 0.469 e. The molecule has 0 heterocycles. The van der Waals surface area contributed by atoms with Crippen LogP contribution in [0, 0.1) is 5.41 Å². The van der Waals surface area contributed by atoms with Crippen LogP contribution < -0.4 is 0 Å². The van der Waals surface area contributed by atoms with Gasteiger partial charge < -0.3 is 9.47 Å². The fraction of sp³-hybridized carbons (Fsp3) is 0.900. The quantitative estimate of drug-likeness (QED) is 0.630. The van der Waals surface area contributed by atoms with Crippen molar-refractivity contribution >= 4 is 5.97 Å². The maximum absolute atomic E-state index is 11.5. The van der Waals surface area contributed by atoms with E-state index < -0.39 is 5.41 Å². The highest BCUT2D eigenvalue weighted by molar-refractivity contribution is 5.77. The van der Waals surface area contributed by atoms with Crippen LogP contribution in [0.4, 0.5) is 0 Å². The summed E-state index contributed by atoms with van der Waals surface area (Å²) in [5.41, 5.74) is -0.412. The number of carbonyl (C=O) groups is 1. The first-order chi connectivity index (χ1) is 6.15. The Kier molecular flexibility index (Phi) is 3.31. The summed E-state index contributed by atoms with van der Waals surface area (Å²) in [4.78, 5) is 11.5. The molecule has 0 spiro atoms. The summed E-state index contributed by atoms with van der Waals surface area (Å²) in [5, 5.41) is 0. The molecule has 0 N–H and O–H groups in total. The summed E-state index contributed by atoms with van der Waals surface area (Å²) in [5.74, 6) is -0.136. The minimum Gasteiger partial charge on any atom is -0.469 e. The second-order valence-electron chi connectivity index (χ2n) is 3.75. The lowest BCUT2D eigenvalue weighted by Crippen LogP contribution is -2.38. The van der Waals surface area contributed by atoms with Gasteiger partial charge in [-0.1, -0.05) is 0 Å².